The summed E-state index contributed by atoms with van der Waals surface area (Å²) in [6.07, 6.45) is 7.86. The SMILES string of the molecule is CCCCCCCCNc1nnc(-c2ccccc2)cc1C. The molecule has 0 saturated heterocycles. The minimum Gasteiger partial charge on any atom is -0.368 e. The van der Waals surface area contributed by atoms with E-state index >= 15 is 0 Å². The average Bonchev–Trinajstić information content (AvgIpc) is 2.56. The maximum absolute atomic E-state index is 4.34. The van der Waals surface area contributed by atoms with Gasteiger partial charge in [-0.25, -0.2) is 0 Å². The fraction of sp³-hybridized carbons (Fsp3) is 0.474. The van der Waals surface area contributed by atoms with E-state index in [2.05, 4.69) is 47.6 Å². The van der Waals surface area contributed by atoms with Crippen molar-refractivity contribution in [3.8, 4) is 11.3 Å². The lowest BCUT2D eigenvalue weighted by Gasteiger charge is -2.09. The molecule has 1 aromatic heterocycles. The molecule has 2 aromatic rings. The van der Waals surface area contributed by atoms with Crippen molar-refractivity contribution >= 4 is 5.82 Å². The van der Waals surface area contributed by atoms with Crippen LogP contribution in [0.15, 0.2) is 36.4 Å². The molecule has 2 rings (SSSR count). The van der Waals surface area contributed by atoms with E-state index in [1.807, 2.05) is 18.2 Å². The molecule has 0 saturated carbocycles. The number of nitrogens with one attached hydrogen (secondary N) is 1. The van der Waals surface area contributed by atoms with Gasteiger partial charge in [-0.1, -0.05) is 69.4 Å². The van der Waals surface area contributed by atoms with E-state index in [1.54, 1.807) is 0 Å². The molecule has 1 aromatic carbocycles. The van der Waals surface area contributed by atoms with Crippen LogP contribution >= 0.6 is 0 Å². The van der Waals surface area contributed by atoms with Gasteiger partial charge in [0.15, 0.2) is 5.82 Å². The lowest BCUT2D eigenvalue weighted by atomic mass is 10.1. The number of hydrogen-bond donors (Lipinski definition) is 1. The first-order valence-electron chi connectivity index (χ1n) is 8.45. The zero-order valence-corrected chi connectivity index (χ0v) is 13.8. The minimum absolute atomic E-state index is 0.910. The number of anilines is 1. The standard InChI is InChI=1S/C19H27N3/c1-3-4-5-6-7-11-14-20-19-16(2)15-18(21-22-19)17-12-9-8-10-13-17/h8-10,12-13,15H,3-7,11,14H2,1-2H3,(H,20,22). The number of nitrogens with zero attached hydrogens (tertiary/aromatic N) is 2. The Morgan fingerprint density at radius 3 is 2.36 bits per heavy atom. The van der Waals surface area contributed by atoms with Gasteiger partial charge in [0, 0.05) is 12.1 Å². The average molecular weight is 297 g/mol. The van der Waals surface area contributed by atoms with Crippen LogP contribution in [0.5, 0.6) is 0 Å². The molecule has 1 heterocycles. The van der Waals surface area contributed by atoms with Crippen LogP contribution in [-0.2, 0) is 0 Å². The summed E-state index contributed by atoms with van der Waals surface area (Å²) in [4.78, 5) is 0. The van der Waals surface area contributed by atoms with Gasteiger partial charge in [-0.2, -0.15) is 0 Å². The van der Waals surface area contributed by atoms with Crippen LogP contribution in [-0.4, -0.2) is 16.7 Å². The zero-order valence-electron chi connectivity index (χ0n) is 13.8. The normalized spacial score (nSPS) is 10.6. The molecule has 0 atom stereocenters. The highest BCUT2D eigenvalue weighted by Gasteiger charge is 2.04. The maximum Gasteiger partial charge on any atom is 0.151 e. The highest BCUT2D eigenvalue weighted by molar-refractivity contribution is 5.61. The summed E-state index contributed by atoms with van der Waals surface area (Å²) < 4.78 is 0. The van der Waals surface area contributed by atoms with Gasteiger partial charge in [0.05, 0.1) is 5.69 Å². The van der Waals surface area contributed by atoms with Crippen molar-refractivity contribution in [1.29, 1.82) is 0 Å². The molecule has 1 N–H and O–H groups in total. The largest absolute Gasteiger partial charge is 0.368 e. The second-order valence-corrected chi connectivity index (χ2v) is 5.82. The molecule has 0 aliphatic carbocycles. The molecule has 0 bridgehead atoms. The van der Waals surface area contributed by atoms with Gasteiger partial charge in [0.1, 0.15) is 0 Å². The van der Waals surface area contributed by atoms with Gasteiger partial charge >= 0.3 is 0 Å². The predicted octanol–water partition coefficient (Wildman–Crippen LogP) is 5.22. The number of unbranched alkanes of at least 4 members (excludes halogenated alkanes) is 5. The van der Waals surface area contributed by atoms with E-state index in [1.165, 1.54) is 38.5 Å². The van der Waals surface area contributed by atoms with Crippen molar-refractivity contribution in [2.24, 2.45) is 0 Å². The third kappa shape index (κ3) is 5.14. The molecule has 0 radical (unpaired) electrons. The second-order valence-electron chi connectivity index (χ2n) is 5.82. The molecule has 0 aliphatic rings. The van der Waals surface area contributed by atoms with E-state index in [4.69, 9.17) is 0 Å². The third-order valence-electron chi connectivity index (χ3n) is 3.88. The lowest BCUT2D eigenvalue weighted by Crippen LogP contribution is -2.06. The van der Waals surface area contributed by atoms with Gasteiger partial charge in [-0.15, -0.1) is 10.2 Å². The Balaban J connectivity index is 1.80. The van der Waals surface area contributed by atoms with Crippen LogP contribution in [0.4, 0.5) is 5.82 Å². The van der Waals surface area contributed by atoms with Crippen molar-refractivity contribution in [3.63, 3.8) is 0 Å². The molecule has 3 nitrogen and oxygen atoms in total. The first-order chi connectivity index (χ1) is 10.8. The van der Waals surface area contributed by atoms with Gasteiger partial charge in [-0.05, 0) is 25.0 Å². The van der Waals surface area contributed by atoms with Crippen molar-refractivity contribution < 1.29 is 0 Å². The van der Waals surface area contributed by atoms with E-state index in [0.29, 0.717) is 0 Å². The van der Waals surface area contributed by atoms with Crippen molar-refractivity contribution in [2.75, 3.05) is 11.9 Å². The van der Waals surface area contributed by atoms with Crippen LogP contribution in [0.3, 0.4) is 0 Å². The van der Waals surface area contributed by atoms with Crippen LogP contribution in [0, 0.1) is 6.92 Å². The van der Waals surface area contributed by atoms with Gasteiger partial charge in [-0.3, -0.25) is 0 Å². The topological polar surface area (TPSA) is 37.8 Å². The molecule has 0 amide bonds. The smallest absolute Gasteiger partial charge is 0.151 e. The summed E-state index contributed by atoms with van der Waals surface area (Å²) in [6.45, 7) is 5.32. The Morgan fingerprint density at radius 1 is 0.909 bits per heavy atom. The maximum atomic E-state index is 4.34. The van der Waals surface area contributed by atoms with Gasteiger partial charge in [0.2, 0.25) is 0 Å². The molecule has 0 unspecified atom stereocenters. The van der Waals surface area contributed by atoms with E-state index in [0.717, 1.165) is 29.2 Å². The summed E-state index contributed by atoms with van der Waals surface area (Å²) in [6, 6.07) is 12.3. The Hall–Kier alpha value is -1.90. The molecule has 0 fully saturated rings. The number of benzene rings is 1. The van der Waals surface area contributed by atoms with Crippen LogP contribution in [0.25, 0.3) is 11.3 Å². The van der Waals surface area contributed by atoms with Gasteiger partial charge < -0.3 is 5.32 Å². The fourth-order valence-electron chi connectivity index (χ4n) is 2.52. The number of aryl methyl sites for hydroxylation is 1. The number of rotatable bonds is 9. The first kappa shape index (κ1) is 16.5. The van der Waals surface area contributed by atoms with Crippen LogP contribution in [0.1, 0.15) is 51.0 Å². The van der Waals surface area contributed by atoms with E-state index in [-0.39, 0.29) is 0 Å². The van der Waals surface area contributed by atoms with Crippen LogP contribution < -0.4 is 5.32 Å². The minimum atomic E-state index is 0.910. The molecule has 118 valence electrons. The third-order valence-corrected chi connectivity index (χ3v) is 3.88. The summed E-state index contributed by atoms with van der Waals surface area (Å²) in [5, 5.41) is 12.1. The van der Waals surface area contributed by atoms with E-state index in [9.17, 15) is 0 Å². The Kier molecular flexibility index (Phi) is 6.88. The fourth-order valence-corrected chi connectivity index (χ4v) is 2.52. The van der Waals surface area contributed by atoms with E-state index < -0.39 is 0 Å². The highest BCUT2D eigenvalue weighted by Crippen LogP contribution is 2.20. The quantitative estimate of drug-likeness (QED) is 0.644. The summed E-state index contributed by atoms with van der Waals surface area (Å²) in [7, 11) is 0. The summed E-state index contributed by atoms with van der Waals surface area (Å²) in [5.41, 5.74) is 3.20. The molecule has 22 heavy (non-hydrogen) atoms. The van der Waals surface area contributed by atoms with Gasteiger partial charge in [0.25, 0.3) is 0 Å². The van der Waals surface area contributed by atoms with Crippen molar-refractivity contribution in [2.45, 2.75) is 52.4 Å². The lowest BCUT2D eigenvalue weighted by molar-refractivity contribution is 0.616. The van der Waals surface area contributed by atoms with Crippen LogP contribution in [0.2, 0.25) is 0 Å². The number of hydrogen-bond acceptors (Lipinski definition) is 3. The molecule has 0 spiro atoms. The Morgan fingerprint density at radius 2 is 1.64 bits per heavy atom. The summed E-state index contributed by atoms with van der Waals surface area (Å²) in [5.74, 6) is 0.910. The Bertz CT molecular complexity index is 552. The predicted molar refractivity (Wildman–Crippen MR) is 94.1 cm³/mol. The molecular formula is C19H27N3. The molecule has 3 heteroatoms. The monoisotopic (exact) mass is 297 g/mol. The number of aromatic nitrogens is 2. The Labute approximate surface area is 134 Å². The second kappa shape index (κ2) is 9.19. The summed E-state index contributed by atoms with van der Waals surface area (Å²) >= 11 is 0. The molecule has 0 aliphatic heterocycles. The zero-order chi connectivity index (χ0) is 15.6. The molecular weight excluding hydrogens is 270 g/mol. The van der Waals surface area contributed by atoms with Crippen molar-refractivity contribution in [3.05, 3.63) is 42.0 Å². The first-order valence-corrected chi connectivity index (χ1v) is 8.45. The van der Waals surface area contributed by atoms with Crippen molar-refractivity contribution in [1.82, 2.24) is 10.2 Å². The highest BCUT2D eigenvalue weighted by atomic mass is 15.2.